The van der Waals surface area contributed by atoms with Gasteiger partial charge in [0, 0.05) is 54.7 Å². The molecule has 1 aromatic rings. The van der Waals surface area contributed by atoms with Gasteiger partial charge in [0.05, 0.1) is 13.2 Å². The zero-order valence-electron chi connectivity index (χ0n) is 19.3. The summed E-state index contributed by atoms with van der Waals surface area (Å²) in [5, 5.41) is 0. The zero-order chi connectivity index (χ0) is 22.9. The number of likely N-dealkylation sites (tertiary alicyclic amines) is 1. The van der Waals surface area contributed by atoms with E-state index in [2.05, 4.69) is 34.2 Å². The van der Waals surface area contributed by atoms with E-state index in [-0.39, 0.29) is 17.7 Å². The SMILES string of the molecule is COc1ccc2c(c1CCN1CCC(N3C=CC4C=CC(C(N)=O)=CC43)CC1)C(=O)CCC2. The maximum absolute atomic E-state index is 12.7. The Labute approximate surface area is 195 Å². The van der Waals surface area contributed by atoms with E-state index in [1.165, 1.54) is 5.56 Å². The average molecular weight is 448 g/mol. The van der Waals surface area contributed by atoms with Crippen LogP contribution >= 0.6 is 0 Å². The molecule has 5 rings (SSSR count). The molecule has 2 unspecified atom stereocenters. The van der Waals surface area contributed by atoms with E-state index in [1.54, 1.807) is 7.11 Å². The first-order valence-corrected chi connectivity index (χ1v) is 12.1. The van der Waals surface area contributed by atoms with E-state index in [9.17, 15) is 9.59 Å². The summed E-state index contributed by atoms with van der Waals surface area (Å²) >= 11 is 0. The summed E-state index contributed by atoms with van der Waals surface area (Å²) in [6.45, 7) is 2.99. The standard InChI is InChI=1S/C27H33N3O3/c1-33-25-8-7-19-3-2-4-24(31)26(19)22(25)12-15-29-13-10-21(11-14-29)30-16-9-18-5-6-20(27(28)32)17-23(18)30/h5-9,16-18,21,23H,2-4,10-15H2,1H3,(H2,28,32). The quantitative estimate of drug-likeness (QED) is 0.726. The number of primary amides is 1. The predicted octanol–water partition coefficient (Wildman–Crippen LogP) is 3.02. The number of fused-ring (bicyclic) bond motifs is 2. The number of carbonyl (C=O) groups excluding carboxylic acids is 2. The summed E-state index contributed by atoms with van der Waals surface area (Å²) in [6.07, 6.45) is 16.0. The number of ether oxygens (including phenoxy) is 1. The molecule has 0 radical (unpaired) electrons. The minimum absolute atomic E-state index is 0.195. The van der Waals surface area contributed by atoms with Crippen LogP contribution in [0.25, 0.3) is 0 Å². The van der Waals surface area contributed by atoms with E-state index < -0.39 is 0 Å². The van der Waals surface area contributed by atoms with Gasteiger partial charge >= 0.3 is 0 Å². The van der Waals surface area contributed by atoms with Crippen LogP contribution in [-0.2, 0) is 17.6 Å². The number of nitrogens with zero attached hydrogens (tertiary/aromatic N) is 2. The molecule has 1 aromatic carbocycles. The molecule has 2 N–H and O–H groups in total. The fourth-order valence-electron chi connectivity index (χ4n) is 5.92. The summed E-state index contributed by atoms with van der Waals surface area (Å²) < 4.78 is 5.63. The molecule has 0 bridgehead atoms. The third kappa shape index (κ3) is 4.24. The molecular weight excluding hydrogens is 414 g/mol. The van der Waals surface area contributed by atoms with Crippen molar-refractivity contribution in [2.45, 2.75) is 50.6 Å². The number of carbonyl (C=O) groups is 2. The lowest BCUT2D eigenvalue weighted by molar-refractivity contribution is -0.114. The Bertz CT molecular complexity index is 1030. The van der Waals surface area contributed by atoms with E-state index in [1.807, 2.05) is 18.2 Å². The molecular formula is C27H33N3O3. The van der Waals surface area contributed by atoms with Crippen LogP contribution < -0.4 is 10.5 Å². The number of methoxy groups -OCH3 is 1. The molecule has 2 aliphatic carbocycles. The van der Waals surface area contributed by atoms with Crippen molar-refractivity contribution in [2.75, 3.05) is 26.7 Å². The third-order valence-corrected chi connectivity index (χ3v) is 7.71. The molecule has 1 fully saturated rings. The Kier molecular flexibility index (Phi) is 6.11. The monoisotopic (exact) mass is 447 g/mol. The van der Waals surface area contributed by atoms with Crippen molar-refractivity contribution >= 4 is 11.7 Å². The van der Waals surface area contributed by atoms with Crippen molar-refractivity contribution in [3.05, 3.63) is 64.9 Å². The van der Waals surface area contributed by atoms with Crippen LogP contribution in [0.5, 0.6) is 5.75 Å². The Morgan fingerprint density at radius 2 is 2.00 bits per heavy atom. The summed E-state index contributed by atoms with van der Waals surface area (Å²) in [6, 6.07) is 4.75. The fourth-order valence-corrected chi connectivity index (χ4v) is 5.92. The second-order valence-corrected chi connectivity index (χ2v) is 9.58. The van der Waals surface area contributed by atoms with Gasteiger partial charge in [-0.1, -0.05) is 24.3 Å². The van der Waals surface area contributed by atoms with Crippen molar-refractivity contribution in [3.8, 4) is 5.75 Å². The van der Waals surface area contributed by atoms with E-state index in [0.717, 1.165) is 68.6 Å². The number of ketones is 1. The van der Waals surface area contributed by atoms with Gasteiger partial charge in [-0.25, -0.2) is 0 Å². The van der Waals surface area contributed by atoms with Crippen molar-refractivity contribution in [1.82, 2.24) is 9.80 Å². The third-order valence-electron chi connectivity index (χ3n) is 7.71. The van der Waals surface area contributed by atoms with Crippen molar-refractivity contribution in [3.63, 3.8) is 0 Å². The first-order valence-electron chi connectivity index (χ1n) is 12.1. The smallest absolute Gasteiger partial charge is 0.248 e. The number of hydrogen-bond donors (Lipinski definition) is 1. The highest BCUT2D eigenvalue weighted by atomic mass is 16.5. The molecule has 0 aromatic heterocycles. The Morgan fingerprint density at radius 1 is 1.18 bits per heavy atom. The summed E-state index contributed by atoms with van der Waals surface area (Å²) in [5.74, 6) is 1.07. The second-order valence-electron chi connectivity index (χ2n) is 9.58. The number of piperidine rings is 1. The Hall–Kier alpha value is -2.86. The van der Waals surface area contributed by atoms with Crippen LogP contribution in [0.15, 0.2) is 48.2 Å². The molecule has 33 heavy (non-hydrogen) atoms. The fraction of sp³-hybridized carbons (Fsp3) is 0.481. The minimum Gasteiger partial charge on any atom is -0.496 e. The maximum atomic E-state index is 12.7. The number of benzene rings is 1. The largest absolute Gasteiger partial charge is 0.496 e. The van der Waals surface area contributed by atoms with Gasteiger partial charge in [0.25, 0.3) is 0 Å². The molecule has 2 atom stereocenters. The van der Waals surface area contributed by atoms with Crippen LogP contribution in [0.1, 0.15) is 47.2 Å². The van der Waals surface area contributed by atoms with Crippen LogP contribution in [0, 0.1) is 5.92 Å². The predicted molar refractivity (Wildman–Crippen MR) is 128 cm³/mol. The number of amides is 1. The number of rotatable bonds is 6. The zero-order valence-corrected chi connectivity index (χ0v) is 19.3. The van der Waals surface area contributed by atoms with Gasteiger partial charge in [0.15, 0.2) is 5.78 Å². The van der Waals surface area contributed by atoms with Crippen LogP contribution in [0.2, 0.25) is 0 Å². The van der Waals surface area contributed by atoms with Gasteiger partial charge in [0.1, 0.15) is 5.75 Å². The normalized spacial score (nSPS) is 25.1. The first-order chi connectivity index (χ1) is 16.0. The summed E-state index contributed by atoms with van der Waals surface area (Å²) in [7, 11) is 1.69. The Morgan fingerprint density at radius 3 is 2.76 bits per heavy atom. The topological polar surface area (TPSA) is 75.9 Å². The molecule has 6 nitrogen and oxygen atoms in total. The molecule has 2 aliphatic heterocycles. The van der Waals surface area contributed by atoms with Gasteiger partial charge in [0.2, 0.25) is 5.91 Å². The van der Waals surface area contributed by atoms with Crippen molar-refractivity contribution in [1.29, 1.82) is 0 Å². The Balaban J connectivity index is 1.21. The lowest BCUT2D eigenvalue weighted by Gasteiger charge is -2.40. The maximum Gasteiger partial charge on any atom is 0.248 e. The van der Waals surface area contributed by atoms with E-state index in [0.29, 0.717) is 24.0 Å². The number of hydrogen-bond acceptors (Lipinski definition) is 5. The van der Waals surface area contributed by atoms with E-state index >= 15 is 0 Å². The van der Waals surface area contributed by atoms with Crippen LogP contribution in [-0.4, -0.2) is 60.3 Å². The summed E-state index contributed by atoms with van der Waals surface area (Å²) in [4.78, 5) is 29.2. The number of nitrogens with two attached hydrogens (primary N) is 1. The van der Waals surface area contributed by atoms with Crippen molar-refractivity contribution < 1.29 is 14.3 Å². The highest BCUT2D eigenvalue weighted by Gasteiger charge is 2.35. The van der Waals surface area contributed by atoms with Gasteiger partial charge in [-0.3, -0.25) is 9.59 Å². The van der Waals surface area contributed by atoms with Gasteiger partial charge in [-0.15, -0.1) is 0 Å². The molecule has 1 saturated heterocycles. The lowest BCUT2D eigenvalue weighted by Crippen LogP contribution is -2.46. The van der Waals surface area contributed by atoms with Crippen molar-refractivity contribution in [2.24, 2.45) is 11.7 Å². The average Bonchev–Trinajstić information content (AvgIpc) is 3.26. The molecule has 174 valence electrons. The molecule has 0 spiro atoms. The molecule has 1 amide bonds. The molecule has 0 saturated carbocycles. The van der Waals surface area contributed by atoms with Crippen LogP contribution in [0.4, 0.5) is 0 Å². The summed E-state index contributed by atoms with van der Waals surface area (Å²) in [5.41, 5.74) is 9.31. The van der Waals surface area contributed by atoms with Crippen LogP contribution in [0.3, 0.4) is 0 Å². The lowest BCUT2D eigenvalue weighted by atomic mass is 9.85. The molecule has 4 aliphatic rings. The van der Waals surface area contributed by atoms with Gasteiger partial charge < -0.3 is 20.3 Å². The second kappa shape index (κ2) is 9.18. The number of Topliss-reactive ketones (excluding diaryl/α,β-unsaturated/α-hetero) is 1. The highest BCUT2D eigenvalue weighted by Crippen LogP contribution is 2.34. The molecule has 2 heterocycles. The highest BCUT2D eigenvalue weighted by molar-refractivity contribution is 6.00. The first kappa shape index (κ1) is 22.0. The van der Waals surface area contributed by atoms with Gasteiger partial charge in [-0.2, -0.15) is 0 Å². The minimum atomic E-state index is -0.358. The van der Waals surface area contributed by atoms with E-state index in [4.69, 9.17) is 10.5 Å². The molecule has 6 heteroatoms. The van der Waals surface area contributed by atoms with Gasteiger partial charge in [-0.05, 0) is 56.0 Å². The number of aryl methyl sites for hydroxylation is 1.